The number of pyridine rings is 1. The van der Waals surface area contributed by atoms with Crippen molar-refractivity contribution in [3.8, 4) is 11.3 Å². The van der Waals surface area contributed by atoms with Crippen LogP contribution in [0.15, 0.2) is 36.5 Å². The first-order valence-corrected chi connectivity index (χ1v) is 12.0. The number of rotatable bonds is 5. The fourth-order valence-electron chi connectivity index (χ4n) is 3.69. The molecule has 32 heavy (non-hydrogen) atoms. The van der Waals surface area contributed by atoms with Crippen molar-refractivity contribution in [3.63, 3.8) is 0 Å². The Hall–Kier alpha value is -3.21. The number of anilines is 2. The molecule has 0 unspecified atom stereocenters. The Balaban J connectivity index is 1.45. The van der Waals surface area contributed by atoms with E-state index in [1.54, 1.807) is 29.2 Å². The molecule has 0 spiro atoms. The van der Waals surface area contributed by atoms with Crippen LogP contribution in [0.25, 0.3) is 11.3 Å². The van der Waals surface area contributed by atoms with Crippen LogP contribution in [-0.2, 0) is 19.4 Å². The number of benzene rings is 1. The number of aromatic nitrogens is 1. The molecule has 0 bridgehead atoms. The first kappa shape index (κ1) is 22.0. The zero-order chi connectivity index (χ0) is 22.9. The average Bonchev–Trinajstić information content (AvgIpc) is 3.13. The minimum Gasteiger partial charge on any atom is -0.442 e. The van der Waals surface area contributed by atoms with Gasteiger partial charge in [0.25, 0.3) is 0 Å². The van der Waals surface area contributed by atoms with Crippen molar-refractivity contribution in [2.75, 3.05) is 47.5 Å². The number of carbonyl (C=O) groups excluding carboxylic acids is 2. The molecule has 9 nitrogen and oxygen atoms in total. The maximum atomic E-state index is 14.7. The Morgan fingerprint density at radius 1 is 1.25 bits per heavy atom. The second kappa shape index (κ2) is 8.73. The van der Waals surface area contributed by atoms with E-state index in [1.165, 1.54) is 24.1 Å². The molecule has 2 aliphatic rings. The van der Waals surface area contributed by atoms with Gasteiger partial charge in [0.2, 0.25) is 5.91 Å². The molecule has 2 fully saturated rings. The number of ether oxygens (including phenoxy) is 1. The van der Waals surface area contributed by atoms with Gasteiger partial charge in [0, 0.05) is 25.6 Å². The van der Waals surface area contributed by atoms with E-state index >= 15 is 0 Å². The summed E-state index contributed by atoms with van der Waals surface area (Å²) in [6, 6.07) is 8.12. The summed E-state index contributed by atoms with van der Waals surface area (Å²) < 4.78 is 43.2. The third kappa shape index (κ3) is 4.82. The zero-order valence-electron chi connectivity index (χ0n) is 17.5. The van der Waals surface area contributed by atoms with E-state index in [-0.39, 0.29) is 43.6 Å². The topological polar surface area (TPSA) is 109 Å². The van der Waals surface area contributed by atoms with Crippen LogP contribution < -0.4 is 15.1 Å². The molecule has 2 aliphatic heterocycles. The fraction of sp³-hybridized carbons (Fsp3) is 0.381. The highest BCUT2D eigenvalue weighted by Crippen LogP contribution is 2.28. The quantitative estimate of drug-likeness (QED) is 0.719. The van der Waals surface area contributed by atoms with Gasteiger partial charge in [-0.15, -0.1) is 0 Å². The van der Waals surface area contributed by atoms with Gasteiger partial charge in [-0.1, -0.05) is 6.07 Å². The van der Waals surface area contributed by atoms with Crippen LogP contribution in [0.5, 0.6) is 0 Å². The molecular weight excluding hydrogens is 439 g/mol. The van der Waals surface area contributed by atoms with Crippen LogP contribution in [-0.4, -0.2) is 69.2 Å². The number of halogens is 1. The minimum absolute atomic E-state index is 0.0157. The molecule has 2 amide bonds. The van der Waals surface area contributed by atoms with Gasteiger partial charge in [0.15, 0.2) is 9.84 Å². The number of sulfone groups is 1. The SMILES string of the molecule is CC(=O)NC[C@H]1CN(c2ccc(-c3ccc(N4CCS(=O)(=O)CC4)c(F)c3)nc2)C(=O)O1. The lowest BCUT2D eigenvalue weighted by Gasteiger charge is -2.29. The summed E-state index contributed by atoms with van der Waals surface area (Å²) in [4.78, 5) is 30.7. The molecule has 1 aromatic carbocycles. The van der Waals surface area contributed by atoms with Crippen LogP contribution in [0.3, 0.4) is 0 Å². The van der Waals surface area contributed by atoms with Crippen LogP contribution in [0.4, 0.5) is 20.6 Å². The van der Waals surface area contributed by atoms with Crippen molar-refractivity contribution in [1.29, 1.82) is 0 Å². The Morgan fingerprint density at radius 2 is 2.00 bits per heavy atom. The molecule has 4 rings (SSSR count). The molecule has 1 N–H and O–H groups in total. The van der Waals surface area contributed by atoms with Gasteiger partial charge in [-0.25, -0.2) is 17.6 Å². The Labute approximate surface area is 185 Å². The summed E-state index contributed by atoms with van der Waals surface area (Å²) >= 11 is 0. The van der Waals surface area contributed by atoms with Crippen LogP contribution >= 0.6 is 0 Å². The summed E-state index contributed by atoms with van der Waals surface area (Å²) in [5, 5.41) is 2.62. The average molecular weight is 463 g/mol. The highest BCUT2D eigenvalue weighted by molar-refractivity contribution is 7.91. The van der Waals surface area contributed by atoms with Crippen molar-refractivity contribution < 1.29 is 27.1 Å². The van der Waals surface area contributed by atoms with E-state index in [2.05, 4.69) is 10.3 Å². The van der Waals surface area contributed by atoms with E-state index in [1.807, 2.05) is 0 Å². The summed E-state index contributed by atoms with van der Waals surface area (Å²) in [5.74, 6) is -0.616. The number of nitrogens with zero attached hydrogens (tertiary/aromatic N) is 3. The predicted octanol–water partition coefficient (Wildman–Crippen LogP) is 1.58. The summed E-state index contributed by atoms with van der Waals surface area (Å²) in [7, 11) is -3.04. The zero-order valence-corrected chi connectivity index (χ0v) is 18.3. The lowest BCUT2D eigenvalue weighted by atomic mass is 10.1. The van der Waals surface area contributed by atoms with Gasteiger partial charge >= 0.3 is 6.09 Å². The van der Waals surface area contributed by atoms with Gasteiger partial charge < -0.3 is 15.0 Å². The van der Waals surface area contributed by atoms with Gasteiger partial charge in [-0.2, -0.15) is 0 Å². The van der Waals surface area contributed by atoms with Gasteiger partial charge in [-0.05, 0) is 24.3 Å². The normalized spacial score (nSPS) is 20.2. The van der Waals surface area contributed by atoms with Gasteiger partial charge in [0.05, 0.1) is 47.9 Å². The van der Waals surface area contributed by atoms with Gasteiger partial charge in [0.1, 0.15) is 11.9 Å². The van der Waals surface area contributed by atoms with E-state index < -0.39 is 27.9 Å². The smallest absolute Gasteiger partial charge is 0.414 e. The molecule has 170 valence electrons. The standard InChI is InChI=1S/C21H23FN4O5S/c1-14(27)23-12-17-13-26(21(28)31-17)16-3-4-19(24-11-16)15-2-5-20(18(22)10-15)25-6-8-32(29,30)9-7-25/h2-5,10-11,17H,6-9,12-13H2,1H3,(H,23,27)/t17-/m0/s1. The third-order valence-corrected chi connectivity index (χ3v) is 7.05. The number of hydrogen-bond donors (Lipinski definition) is 1. The van der Waals surface area contributed by atoms with E-state index in [4.69, 9.17) is 4.74 Å². The Kier molecular flexibility index (Phi) is 6.00. The lowest BCUT2D eigenvalue weighted by Crippen LogP contribution is -2.40. The molecule has 1 atom stereocenters. The maximum Gasteiger partial charge on any atom is 0.414 e. The Bertz CT molecular complexity index is 1130. The summed E-state index contributed by atoms with van der Waals surface area (Å²) in [5.41, 5.74) is 2.00. The fourth-order valence-corrected chi connectivity index (χ4v) is 4.89. The largest absolute Gasteiger partial charge is 0.442 e. The third-order valence-electron chi connectivity index (χ3n) is 5.44. The van der Waals surface area contributed by atoms with Crippen LogP contribution in [0, 0.1) is 5.82 Å². The minimum atomic E-state index is -3.04. The van der Waals surface area contributed by atoms with E-state index in [0.717, 1.165) is 0 Å². The predicted molar refractivity (Wildman–Crippen MR) is 117 cm³/mol. The van der Waals surface area contributed by atoms with Gasteiger partial charge in [-0.3, -0.25) is 14.7 Å². The van der Waals surface area contributed by atoms with Crippen LogP contribution in [0.1, 0.15) is 6.92 Å². The molecule has 2 saturated heterocycles. The molecule has 0 aliphatic carbocycles. The first-order valence-electron chi connectivity index (χ1n) is 10.2. The molecule has 1 aromatic heterocycles. The molecule has 0 radical (unpaired) electrons. The molecule has 3 heterocycles. The molecule has 11 heteroatoms. The molecule has 2 aromatic rings. The number of carbonyl (C=O) groups is 2. The second-order valence-electron chi connectivity index (χ2n) is 7.76. The summed E-state index contributed by atoms with van der Waals surface area (Å²) in [6.45, 7) is 2.44. The number of amides is 2. The molecular formula is C21H23FN4O5S. The number of cyclic esters (lactones) is 1. The van der Waals surface area contributed by atoms with Crippen molar-refractivity contribution in [3.05, 3.63) is 42.3 Å². The van der Waals surface area contributed by atoms with E-state index in [0.29, 0.717) is 22.6 Å². The monoisotopic (exact) mass is 462 g/mol. The lowest BCUT2D eigenvalue weighted by molar-refractivity contribution is -0.119. The highest BCUT2D eigenvalue weighted by Gasteiger charge is 2.32. The van der Waals surface area contributed by atoms with Crippen molar-refractivity contribution in [1.82, 2.24) is 10.3 Å². The maximum absolute atomic E-state index is 14.7. The van der Waals surface area contributed by atoms with Crippen LogP contribution in [0.2, 0.25) is 0 Å². The second-order valence-corrected chi connectivity index (χ2v) is 10.1. The van der Waals surface area contributed by atoms with Crippen molar-refractivity contribution >= 4 is 33.2 Å². The highest BCUT2D eigenvalue weighted by atomic mass is 32.2. The van der Waals surface area contributed by atoms with Crippen molar-refractivity contribution in [2.24, 2.45) is 0 Å². The molecule has 0 saturated carbocycles. The van der Waals surface area contributed by atoms with Crippen molar-refractivity contribution in [2.45, 2.75) is 13.0 Å². The Morgan fingerprint density at radius 3 is 2.62 bits per heavy atom. The summed E-state index contributed by atoms with van der Waals surface area (Å²) in [6.07, 6.45) is 0.546. The number of hydrogen-bond acceptors (Lipinski definition) is 7. The number of nitrogens with one attached hydrogen (secondary N) is 1. The van der Waals surface area contributed by atoms with E-state index in [9.17, 15) is 22.4 Å². The first-order chi connectivity index (χ1) is 15.2.